The molecule has 0 atom stereocenters. The van der Waals surface area contributed by atoms with Gasteiger partial charge in [-0.3, -0.25) is 4.79 Å². The van der Waals surface area contributed by atoms with Crippen molar-refractivity contribution in [2.24, 2.45) is 7.05 Å². The molecule has 1 aliphatic carbocycles. The monoisotopic (exact) mass is 409 g/mol. The number of aryl methyl sites for hydroxylation is 1. The van der Waals surface area contributed by atoms with Gasteiger partial charge in [0.2, 0.25) is 10.0 Å². The first-order chi connectivity index (χ1) is 12.9. The lowest BCUT2D eigenvalue weighted by atomic mass is 9.82. The van der Waals surface area contributed by atoms with Crippen LogP contribution in [0.4, 0.5) is 0 Å². The molecule has 1 saturated carbocycles. The molecule has 2 aromatic rings. The number of nitrogens with zero attached hydrogens (tertiary/aromatic N) is 2. The Morgan fingerprint density at radius 3 is 2.52 bits per heavy atom. The highest BCUT2D eigenvalue weighted by molar-refractivity contribution is 7.89. The number of likely N-dealkylation sites (tertiary alicyclic amines) is 1. The number of sulfonamides is 1. The van der Waals surface area contributed by atoms with E-state index in [0.717, 1.165) is 62.2 Å². The van der Waals surface area contributed by atoms with E-state index in [4.69, 9.17) is 0 Å². The van der Waals surface area contributed by atoms with Gasteiger partial charge >= 0.3 is 4.87 Å². The van der Waals surface area contributed by atoms with Crippen LogP contribution in [0.5, 0.6) is 0 Å². The predicted octanol–water partition coefficient (Wildman–Crippen LogP) is 2.68. The van der Waals surface area contributed by atoms with Crippen molar-refractivity contribution in [2.45, 2.75) is 55.4 Å². The molecule has 27 heavy (non-hydrogen) atoms. The van der Waals surface area contributed by atoms with Gasteiger partial charge in [-0.05, 0) is 57.0 Å². The third-order valence-corrected chi connectivity index (χ3v) is 8.53. The van der Waals surface area contributed by atoms with Gasteiger partial charge in [-0.15, -0.1) is 0 Å². The standard InChI is InChI=1S/C19H27N3O3S2/c1-21-16-8-7-15(13-17(16)26-18(21)23)27(24,25)20-19(9-3-2-4-10-19)14-22-11-5-6-12-22/h7-8,13,20H,2-6,9-12,14H2,1H3. The highest BCUT2D eigenvalue weighted by Crippen LogP contribution is 2.32. The molecule has 0 radical (unpaired) electrons. The highest BCUT2D eigenvalue weighted by atomic mass is 32.2. The Hall–Kier alpha value is -1.22. The summed E-state index contributed by atoms with van der Waals surface area (Å²) in [6.07, 6.45) is 7.49. The summed E-state index contributed by atoms with van der Waals surface area (Å²) in [5, 5.41) is 0. The SMILES string of the molecule is Cn1c(=O)sc2cc(S(=O)(=O)NC3(CN4CCCC4)CCCCC3)ccc21. The van der Waals surface area contributed by atoms with E-state index in [-0.39, 0.29) is 15.3 Å². The molecule has 6 nitrogen and oxygen atoms in total. The molecule has 0 unspecified atom stereocenters. The summed E-state index contributed by atoms with van der Waals surface area (Å²) in [5.41, 5.74) is 0.397. The average molecular weight is 410 g/mol. The molecule has 1 aromatic heterocycles. The van der Waals surface area contributed by atoms with Crippen molar-refractivity contribution in [3.63, 3.8) is 0 Å². The Bertz CT molecular complexity index is 981. The smallest absolute Gasteiger partial charge is 0.302 e. The van der Waals surface area contributed by atoms with Gasteiger partial charge in [0.25, 0.3) is 0 Å². The molecule has 0 spiro atoms. The van der Waals surface area contributed by atoms with Crippen LogP contribution in [0.25, 0.3) is 10.2 Å². The summed E-state index contributed by atoms with van der Waals surface area (Å²) in [4.78, 5) is 14.4. The van der Waals surface area contributed by atoms with E-state index in [2.05, 4.69) is 9.62 Å². The van der Waals surface area contributed by atoms with Crippen molar-refractivity contribution in [3.8, 4) is 0 Å². The molecular formula is C19H27N3O3S2. The second-order valence-electron chi connectivity index (χ2n) is 7.99. The topological polar surface area (TPSA) is 71.4 Å². The van der Waals surface area contributed by atoms with Crippen LogP contribution >= 0.6 is 11.3 Å². The quantitative estimate of drug-likeness (QED) is 0.824. The molecule has 0 bridgehead atoms. The fraction of sp³-hybridized carbons (Fsp3) is 0.632. The van der Waals surface area contributed by atoms with E-state index in [9.17, 15) is 13.2 Å². The van der Waals surface area contributed by atoms with Gasteiger partial charge in [0, 0.05) is 19.1 Å². The Kier molecular flexibility index (Phi) is 5.18. The molecule has 0 amide bonds. The lowest BCUT2D eigenvalue weighted by Crippen LogP contribution is -2.56. The van der Waals surface area contributed by atoms with Crippen molar-refractivity contribution in [1.29, 1.82) is 0 Å². The zero-order chi connectivity index (χ0) is 19.1. The Balaban J connectivity index is 1.64. The fourth-order valence-corrected chi connectivity index (χ4v) is 6.99. The van der Waals surface area contributed by atoms with E-state index < -0.39 is 10.0 Å². The summed E-state index contributed by atoms with van der Waals surface area (Å²) in [5.74, 6) is 0. The van der Waals surface area contributed by atoms with Crippen molar-refractivity contribution in [3.05, 3.63) is 27.9 Å². The molecule has 2 aliphatic rings. The van der Waals surface area contributed by atoms with E-state index in [0.29, 0.717) is 4.70 Å². The van der Waals surface area contributed by atoms with Gasteiger partial charge in [0.1, 0.15) is 0 Å². The number of hydrogen-bond acceptors (Lipinski definition) is 5. The van der Waals surface area contributed by atoms with E-state index in [1.165, 1.54) is 19.3 Å². The average Bonchev–Trinajstić information content (AvgIpc) is 3.23. The predicted molar refractivity (Wildman–Crippen MR) is 109 cm³/mol. The molecule has 8 heteroatoms. The van der Waals surface area contributed by atoms with Crippen LogP contribution in [0.15, 0.2) is 27.9 Å². The molecule has 1 N–H and O–H groups in total. The second kappa shape index (κ2) is 7.31. The van der Waals surface area contributed by atoms with Gasteiger partial charge in [-0.25, -0.2) is 13.1 Å². The maximum absolute atomic E-state index is 13.2. The minimum Gasteiger partial charge on any atom is -0.302 e. The third kappa shape index (κ3) is 3.85. The summed E-state index contributed by atoms with van der Waals surface area (Å²) in [7, 11) is -1.93. The van der Waals surface area contributed by atoms with Crippen molar-refractivity contribution < 1.29 is 8.42 Å². The minimum absolute atomic E-state index is 0.0784. The lowest BCUT2D eigenvalue weighted by molar-refractivity contribution is 0.181. The van der Waals surface area contributed by atoms with E-state index in [1.807, 2.05) is 0 Å². The largest absolute Gasteiger partial charge is 0.307 e. The number of nitrogens with one attached hydrogen (secondary N) is 1. The fourth-order valence-electron chi connectivity index (χ4n) is 4.52. The number of benzene rings is 1. The first-order valence-corrected chi connectivity index (χ1v) is 12.0. The molecule has 1 saturated heterocycles. The Labute approximate surface area is 164 Å². The number of rotatable bonds is 5. The number of aromatic nitrogens is 1. The van der Waals surface area contributed by atoms with Crippen molar-refractivity contribution in [2.75, 3.05) is 19.6 Å². The van der Waals surface area contributed by atoms with Crippen molar-refractivity contribution >= 4 is 31.6 Å². The number of fused-ring (bicyclic) bond motifs is 1. The molecule has 2 fully saturated rings. The minimum atomic E-state index is -3.64. The van der Waals surface area contributed by atoms with Crippen LogP contribution in [0.1, 0.15) is 44.9 Å². The number of thiazole rings is 1. The highest BCUT2D eigenvalue weighted by Gasteiger charge is 2.38. The van der Waals surface area contributed by atoms with Gasteiger partial charge in [-0.2, -0.15) is 0 Å². The van der Waals surface area contributed by atoms with Crippen LogP contribution in [-0.2, 0) is 17.1 Å². The van der Waals surface area contributed by atoms with E-state index in [1.54, 1.807) is 29.8 Å². The van der Waals surface area contributed by atoms with Crippen molar-refractivity contribution in [1.82, 2.24) is 14.2 Å². The van der Waals surface area contributed by atoms with Crippen LogP contribution in [0, 0.1) is 0 Å². The first-order valence-electron chi connectivity index (χ1n) is 9.75. The maximum Gasteiger partial charge on any atom is 0.307 e. The Morgan fingerprint density at radius 1 is 1.11 bits per heavy atom. The lowest BCUT2D eigenvalue weighted by Gasteiger charge is -2.40. The van der Waals surface area contributed by atoms with Crippen LogP contribution in [-0.4, -0.2) is 43.1 Å². The Morgan fingerprint density at radius 2 is 1.81 bits per heavy atom. The summed E-state index contributed by atoms with van der Waals surface area (Å²) in [6, 6.07) is 4.98. The van der Waals surface area contributed by atoms with Crippen LogP contribution in [0.2, 0.25) is 0 Å². The van der Waals surface area contributed by atoms with Gasteiger partial charge < -0.3 is 9.47 Å². The molecule has 1 aliphatic heterocycles. The summed E-state index contributed by atoms with van der Waals surface area (Å²) >= 11 is 1.09. The normalized spacial score (nSPS) is 21.1. The second-order valence-corrected chi connectivity index (χ2v) is 10.7. The molecule has 1 aromatic carbocycles. The zero-order valence-corrected chi connectivity index (χ0v) is 17.4. The summed E-state index contributed by atoms with van der Waals surface area (Å²) in [6.45, 7) is 2.92. The van der Waals surface area contributed by atoms with E-state index >= 15 is 0 Å². The van der Waals surface area contributed by atoms with Gasteiger partial charge in [-0.1, -0.05) is 30.6 Å². The molecule has 148 valence electrons. The first kappa shape index (κ1) is 19.1. The zero-order valence-electron chi connectivity index (χ0n) is 15.7. The van der Waals surface area contributed by atoms with Gasteiger partial charge in [0.15, 0.2) is 0 Å². The molecule has 4 rings (SSSR count). The summed E-state index contributed by atoms with van der Waals surface area (Å²) < 4.78 is 31.8. The molecule has 2 heterocycles. The van der Waals surface area contributed by atoms with Gasteiger partial charge in [0.05, 0.1) is 15.1 Å². The molecular weight excluding hydrogens is 382 g/mol. The van der Waals surface area contributed by atoms with Crippen LogP contribution in [0.3, 0.4) is 0 Å². The van der Waals surface area contributed by atoms with Crippen LogP contribution < -0.4 is 9.60 Å². The number of hydrogen-bond donors (Lipinski definition) is 1. The maximum atomic E-state index is 13.2. The third-order valence-electron chi connectivity index (χ3n) is 5.96.